The van der Waals surface area contributed by atoms with Crippen LogP contribution >= 0.6 is 58.0 Å². The molecule has 0 spiro atoms. The predicted molar refractivity (Wildman–Crippen MR) is 120 cm³/mol. The molecule has 1 aliphatic rings. The minimum atomic E-state index is -0.513. The summed E-state index contributed by atoms with van der Waals surface area (Å²) >= 11 is 31.1. The van der Waals surface area contributed by atoms with E-state index < -0.39 is 6.10 Å². The lowest BCUT2D eigenvalue weighted by molar-refractivity contribution is 0.0704. The summed E-state index contributed by atoms with van der Waals surface area (Å²) in [6.07, 6.45) is -0.513. The lowest BCUT2D eigenvalue weighted by Gasteiger charge is -2.40. The molecule has 3 rings (SSSR count). The first-order valence-corrected chi connectivity index (χ1v) is 11.0. The maximum Gasteiger partial charge on any atom is 0.0802 e. The van der Waals surface area contributed by atoms with Crippen molar-refractivity contribution in [3.63, 3.8) is 0 Å². The van der Waals surface area contributed by atoms with Gasteiger partial charge in [0.05, 0.1) is 12.1 Å². The molecule has 0 amide bonds. The highest BCUT2D eigenvalue weighted by atomic mass is 35.5. The molecule has 0 bridgehead atoms. The number of alkyl halides is 1. The van der Waals surface area contributed by atoms with Gasteiger partial charge in [-0.1, -0.05) is 58.5 Å². The predicted octanol–water partition coefficient (Wildman–Crippen LogP) is 5.61. The van der Waals surface area contributed by atoms with Gasteiger partial charge in [0.15, 0.2) is 0 Å². The standard InChI is InChI=1S/C20H21Cl5N2O/c21-11-15(28)12-26-5-7-27(8-6-26)20(16-3-1-13(22)9-18(16)24)17-4-2-14(23)10-19(17)25/h1-4,9-10,15,20,28H,5-8,11-12H2. The maximum atomic E-state index is 9.82. The molecule has 2 aromatic rings. The maximum absolute atomic E-state index is 9.82. The van der Waals surface area contributed by atoms with E-state index in [1.165, 1.54) is 0 Å². The van der Waals surface area contributed by atoms with Crippen LogP contribution in [0, 0.1) is 0 Å². The van der Waals surface area contributed by atoms with Crippen LogP contribution in [0.3, 0.4) is 0 Å². The average Bonchev–Trinajstić information content (AvgIpc) is 2.66. The molecule has 1 fully saturated rings. The van der Waals surface area contributed by atoms with E-state index in [4.69, 9.17) is 58.0 Å². The van der Waals surface area contributed by atoms with Gasteiger partial charge < -0.3 is 5.11 Å². The van der Waals surface area contributed by atoms with Crippen molar-refractivity contribution in [2.45, 2.75) is 12.1 Å². The summed E-state index contributed by atoms with van der Waals surface area (Å²) in [4.78, 5) is 4.56. The number of β-amino-alcohol motifs (C(OH)–C–C–N with tert-alkyl or cyclic N) is 1. The van der Waals surface area contributed by atoms with Crippen molar-refractivity contribution >= 4 is 58.0 Å². The average molecular weight is 483 g/mol. The highest BCUT2D eigenvalue weighted by molar-refractivity contribution is 6.36. The van der Waals surface area contributed by atoms with Gasteiger partial charge in [-0.05, 0) is 35.4 Å². The normalized spacial score (nSPS) is 17.2. The molecule has 0 saturated carbocycles. The summed E-state index contributed by atoms with van der Waals surface area (Å²) in [5.41, 5.74) is 1.90. The van der Waals surface area contributed by atoms with Gasteiger partial charge >= 0.3 is 0 Å². The Morgan fingerprint density at radius 1 is 0.821 bits per heavy atom. The molecular formula is C20H21Cl5N2O. The summed E-state index contributed by atoms with van der Waals surface area (Å²) in [6.45, 7) is 3.82. The smallest absolute Gasteiger partial charge is 0.0802 e. The van der Waals surface area contributed by atoms with Crippen molar-refractivity contribution in [1.29, 1.82) is 0 Å². The summed E-state index contributed by atoms with van der Waals surface area (Å²) in [5.74, 6) is 0.240. The van der Waals surface area contributed by atoms with E-state index in [2.05, 4.69) is 9.80 Å². The van der Waals surface area contributed by atoms with Gasteiger partial charge in [0, 0.05) is 58.7 Å². The Kier molecular flexibility index (Phi) is 8.17. The van der Waals surface area contributed by atoms with Crippen molar-refractivity contribution in [3.8, 4) is 0 Å². The number of nitrogens with zero attached hydrogens (tertiary/aromatic N) is 2. The molecule has 0 radical (unpaired) electrons. The number of piperazine rings is 1. The van der Waals surface area contributed by atoms with Crippen LogP contribution in [0.1, 0.15) is 17.2 Å². The second-order valence-electron chi connectivity index (χ2n) is 6.88. The molecule has 2 aromatic carbocycles. The summed E-state index contributed by atoms with van der Waals surface area (Å²) in [7, 11) is 0. The second-order valence-corrected chi connectivity index (χ2v) is 8.87. The number of hydrogen-bond donors (Lipinski definition) is 1. The molecule has 1 N–H and O–H groups in total. The second kappa shape index (κ2) is 10.2. The van der Waals surface area contributed by atoms with Crippen LogP contribution in [-0.4, -0.2) is 59.6 Å². The fourth-order valence-electron chi connectivity index (χ4n) is 3.56. The zero-order valence-corrected chi connectivity index (χ0v) is 18.9. The quantitative estimate of drug-likeness (QED) is 0.543. The molecule has 1 unspecified atom stereocenters. The van der Waals surface area contributed by atoms with Crippen LogP contribution in [0.15, 0.2) is 36.4 Å². The third-order valence-electron chi connectivity index (χ3n) is 4.93. The van der Waals surface area contributed by atoms with Gasteiger partial charge in [0.1, 0.15) is 0 Å². The zero-order valence-electron chi connectivity index (χ0n) is 15.1. The van der Waals surface area contributed by atoms with E-state index in [0.717, 1.165) is 37.3 Å². The first-order valence-electron chi connectivity index (χ1n) is 8.99. The third kappa shape index (κ3) is 5.47. The minimum Gasteiger partial charge on any atom is -0.391 e. The molecule has 1 aliphatic heterocycles. The van der Waals surface area contributed by atoms with Crippen molar-refractivity contribution < 1.29 is 5.11 Å². The Bertz CT molecular complexity index is 760. The molecule has 152 valence electrons. The molecule has 8 heteroatoms. The SMILES string of the molecule is OC(CCl)CN1CCN(C(c2ccc(Cl)cc2Cl)c2ccc(Cl)cc2Cl)CC1. The van der Waals surface area contributed by atoms with Crippen LogP contribution in [0.4, 0.5) is 0 Å². The lowest BCUT2D eigenvalue weighted by Crippen LogP contribution is -2.50. The molecule has 1 heterocycles. The summed E-state index contributed by atoms with van der Waals surface area (Å²) < 4.78 is 0. The van der Waals surface area contributed by atoms with Crippen molar-refractivity contribution in [2.75, 3.05) is 38.6 Å². The van der Waals surface area contributed by atoms with Gasteiger partial charge in [0.2, 0.25) is 0 Å². The number of rotatable bonds is 6. The van der Waals surface area contributed by atoms with Crippen molar-refractivity contribution in [2.24, 2.45) is 0 Å². The van der Waals surface area contributed by atoms with Crippen molar-refractivity contribution in [1.82, 2.24) is 9.80 Å². The Morgan fingerprint density at radius 2 is 1.32 bits per heavy atom. The topological polar surface area (TPSA) is 26.7 Å². The molecule has 1 atom stereocenters. The van der Waals surface area contributed by atoms with E-state index in [1.54, 1.807) is 12.1 Å². The Morgan fingerprint density at radius 3 is 1.75 bits per heavy atom. The van der Waals surface area contributed by atoms with Crippen LogP contribution in [0.25, 0.3) is 0 Å². The van der Waals surface area contributed by atoms with Crippen LogP contribution < -0.4 is 0 Å². The van der Waals surface area contributed by atoms with E-state index in [9.17, 15) is 5.11 Å². The monoisotopic (exact) mass is 480 g/mol. The van der Waals surface area contributed by atoms with Gasteiger partial charge in [-0.25, -0.2) is 0 Å². The first-order chi connectivity index (χ1) is 13.4. The van der Waals surface area contributed by atoms with Gasteiger partial charge in [-0.2, -0.15) is 0 Å². The van der Waals surface area contributed by atoms with E-state index >= 15 is 0 Å². The number of hydrogen-bond acceptors (Lipinski definition) is 3. The molecule has 3 nitrogen and oxygen atoms in total. The Labute approximate surface area is 190 Å². The van der Waals surface area contributed by atoms with E-state index in [-0.39, 0.29) is 11.9 Å². The van der Waals surface area contributed by atoms with Gasteiger partial charge in [-0.3, -0.25) is 9.80 Å². The highest BCUT2D eigenvalue weighted by Crippen LogP contribution is 2.39. The van der Waals surface area contributed by atoms with E-state index in [0.29, 0.717) is 26.6 Å². The minimum absolute atomic E-state index is 0.116. The first kappa shape index (κ1) is 22.5. The van der Waals surface area contributed by atoms with Gasteiger partial charge in [0.25, 0.3) is 0 Å². The summed E-state index contributed by atoms with van der Waals surface area (Å²) in [5, 5.41) is 12.2. The molecule has 28 heavy (non-hydrogen) atoms. The fourth-order valence-corrected chi connectivity index (χ4v) is 4.68. The summed E-state index contributed by atoms with van der Waals surface area (Å²) in [6, 6.07) is 11.0. The fraction of sp³-hybridized carbons (Fsp3) is 0.400. The van der Waals surface area contributed by atoms with E-state index in [1.807, 2.05) is 24.3 Å². The molecule has 1 saturated heterocycles. The van der Waals surface area contributed by atoms with Crippen molar-refractivity contribution in [3.05, 3.63) is 67.6 Å². The molecular weight excluding hydrogens is 461 g/mol. The number of benzene rings is 2. The van der Waals surface area contributed by atoms with Crippen LogP contribution in [0.2, 0.25) is 20.1 Å². The lowest BCUT2D eigenvalue weighted by atomic mass is 9.96. The molecule has 0 aliphatic carbocycles. The third-order valence-corrected chi connectivity index (χ3v) is 6.41. The Hall–Kier alpha value is -0.230. The number of halogens is 5. The molecule has 0 aromatic heterocycles. The number of aliphatic hydroxyl groups excluding tert-OH is 1. The Balaban J connectivity index is 1.89. The van der Waals surface area contributed by atoms with Gasteiger partial charge in [-0.15, -0.1) is 11.6 Å². The van der Waals surface area contributed by atoms with Crippen LogP contribution in [0.5, 0.6) is 0 Å². The zero-order chi connectivity index (χ0) is 20.3. The van der Waals surface area contributed by atoms with Crippen LogP contribution in [-0.2, 0) is 0 Å². The largest absolute Gasteiger partial charge is 0.391 e. The number of aliphatic hydroxyl groups is 1. The highest BCUT2D eigenvalue weighted by Gasteiger charge is 2.29.